The lowest BCUT2D eigenvalue weighted by molar-refractivity contribution is -0.139. The van der Waals surface area contributed by atoms with Crippen LogP contribution in [0.5, 0.6) is 0 Å². The fourth-order valence-corrected chi connectivity index (χ4v) is 4.64. The highest BCUT2D eigenvalue weighted by Gasteiger charge is 2.40. The minimum atomic E-state index is -0.100. The maximum Gasteiger partial charge on any atom is 0.320 e. The van der Waals surface area contributed by atoms with Crippen molar-refractivity contribution in [1.29, 1.82) is 0 Å². The number of carbonyl (C=O) groups excluding carboxylic acids is 2. The van der Waals surface area contributed by atoms with E-state index in [0.29, 0.717) is 19.0 Å². The van der Waals surface area contributed by atoms with Crippen molar-refractivity contribution in [1.82, 2.24) is 15.1 Å². The van der Waals surface area contributed by atoms with Gasteiger partial charge in [-0.3, -0.25) is 4.79 Å². The summed E-state index contributed by atoms with van der Waals surface area (Å²) in [6, 6.07) is 16.3. The lowest BCUT2D eigenvalue weighted by Gasteiger charge is -2.46. The van der Waals surface area contributed by atoms with E-state index in [1.54, 1.807) is 0 Å². The second kappa shape index (κ2) is 7.93. The Morgan fingerprint density at radius 1 is 0.967 bits per heavy atom. The van der Waals surface area contributed by atoms with Gasteiger partial charge in [0.25, 0.3) is 0 Å². The Kier molecular flexibility index (Phi) is 5.13. The Morgan fingerprint density at radius 3 is 2.33 bits per heavy atom. The number of amides is 3. The molecule has 1 N–H and O–H groups in total. The van der Waals surface area contributed by atoms with E-state index >= 15 is 0 Å². The van der Waals surface area contributed by atoms with Crippen molar-refractivity contribution in [2.75, 3.05) is 32.8 Å². The zero-order chi connectivity index (χ0) is 20.7. The summed E-state index contributed by atoms with van der Waals surface area (Å²) in [5, 5.41) is 3.68. The fourth-order valence-electron chi connectivity index (χ4n) is 4.51. The molecule has 0 aliphatic carbocycles. The van der Waals surface area contributed by atoms with Crippen LogP contribution in [0.3, 0.4) is 0 Å². The van der Waals surface area contributed by atoms with Gasteiger partial charge in [0.05, 0.1) is 12.1 Å². The van der Waals surface area contributed by atoms with Crippen LogP contribution in [0.25, 0.3) is 11.1 Å². The highest BCUT2D eigenvalue weighted by Crippen LogP contribution is 2.31. The van der Waals surface area contributed by atoms with Gasteiger partial charge in [0, 0.05) is 37.1 Å². The summed E-state index contributed by atoms with van der Waals surface area (Å²) < 4.78 is 5.58. The average Bonchev–Trinajstić information content (AvgIpc) is 2.73. The third-order valence-electron chi connectivity index (χ3n) is 6.31. The first-order chi connectivity index (χ1) is 14.6. The molecule has 0 bridgehead atoms. The van der Waals surface area contributed by atoms with Crippen LogP contribution in [0.1, 0.15) is 17.9 Å². The lowest BCUT2D eigenvalue weighted by atomic mass is 9.90. The first-order valence-corrected chi connectivity index (χ1v) is 10.8. The molecule has 6 nitrogen and oxygen atoms in total. The summed E-state index contributed by atoms with van der Waals surface area (Å²) in [6.45, 7) is 2.78. The molecule has 0 unspecified atom stereocenters. The molecule has 7 heteroatoms. The molecule has 0 spiro atoms. The van der Waals surface area contributed by atoms with Crippen LogP contribution in [0.15, 0.2) is 48.5 Å². The van der Waals surface area contributed by atoms with Gasteiger partial charge in [-0.05, 0) is 35.2 Å². The van der Waals surface area contributed by atoms with Gasteiger partial charge in [0.1, 0.15) is 6.61 Å². The molecule has 30 heavy (non-hydrogen) atoms. The maximum atomic E-state index is 12.9. The van der Waals surface area contributed by atoms with Crippen molar-refractivity contribution in [2.45, 2.75) is 24.5 Å². The Bertz CT molecular complexity index is 941. The number of fused-ring (bicyclic) bond motifs is 1. The molecular formula is C23H24ClN3O3. The van der Waals surface area contributed by atoms with Crippen molar-refractivity contribution in [2.24, 2.45) is 0 Å². The van der Waals surface area contributed by atoms with Gasteiger partial charge < -0.3 is 19.9 Å². The molecule has 0 aromatic heterocycles. The standard InChI is InChI=1S/C23H24ClN3O3/c24-19-7-5-16(6-8-19)15-1-3-17(4-2-15)18-11-27(12-18)23(29)26-10-9-21-20(13-26)25-22(28)14-30-21/h1-8,18,20-21H,9-14H2,(H,25,28)/t20-,21+/m1/s1. The number of morpholine rings is 1. The number of ether oxygens (including phenoxy) is 1. The molecule has 3 amide bonds. The Balaban J connectivity index is 1.16. The number of hydrogen-bond acceptors (Lipinski definition) is 3. The molecule has 2 atom stereocenters. The van der Waals surface area contributed by atoms with Gasteiger partial charge in [0.2, 0.25) is 5.91 Å². The minimum Gasteiger partial charge on any atom is -0.366 e. The number of urea groups is 1. The van der Waals surface area contributed by atoms with E-state index in [1.807, 2.05) is 34.1 Å². The number of carbonyl (C=O) groups is 2. The maximum absolute atomic E-state index is 12.9. The SMILES string of the molecule is O=C1CO[C@H]2CCN(C(=O)N3CC(c4ccc(-c5ccc(Cl)cc5)cc4)C3)C[C@H]2N1. The number of hydrogen-bond donors (Lipinski definition) is 1. The molecule has 2 aromatic carbocycles. The van der Waals surface area contributed by atoms with Crippen LogP contribution >= 0.6 is 11.6 Å². The summed E-state index contributed by atoms with van der Waals surface area (Å²) >= 11 is 5.97. The number of nitrogens with one attached hydrogen (secondary N) is 1. The van der Waals surface area contributed by atoms with Crippen LogP contribution in [-0.2, 0) is 9.53 Å². The molecule has 156 valence electrons. The zero-order valence-electron chi connectivity index (χ0n) is 16.6. The highest BCUT2D eigenvalue weighted by atomic mass is 35.5. The molecular weight excluding hydrogens is 402 g/mol. The number of nitrogens with zero attached hydrogens (tertiary/aromatic N) is 2. The van der Waals surface area contributed by atoms with E-state index in [2.05, 4.69) is 29.6 Å². The monoisotopic (exact) mass is 425 g/mol. The zero-order valence-corrected chi connectivity index (χ0v) is 17.3. The highest BCUT2D eigenvalue weighted by molar-refractivity contribution is 6.30. The normalized spacial score (nSPS) is 24.1. The molecule has 5 rings (SSSR count). The smallest absolute Gasteiger partial charge is 0.320 e. The van der Waals surface area contributed by atoms with Crippen LogP contribution in [0, 0.1) is 0 Å². The molecule has 2 aromatic rings. The van der Waals surface area contributed by atoms with Gasteiger partial charge >= 0.3 is 6.03 Å². The molecule has 0 radical (unpaired) electrons. The number of rotatable bonds is 2. The number of benzene rings is 2. The Labute approximate surface area is 180 Å². The van der Waals surface area contributed by atoms with Gasteiger partial charge in [0.15, 0.2) is 0 Å². The van der Waals surface area contributed by atoms with E-state index in [1.165, 1.54) is 5.56 Å². The van der Waals surface area contributed by atoms with Crippen molar-refractivity contribution in [3.63, 3.8) is 0 Å². The van der Waals surface area contributed by atoms with Crippen molar-refractivity contribution in [3.05, 3.63) is 59.1 Å². The summed E-state index contributed by atoms with van der Waals surface area (Å²) in [5.41, 5.74) is 3.55. The number of halogens is 1. The summed E-state index contributed by atoms with van der Waals surface area (Å²) in [7, 11) is 0. The first kappa shape index (κ1) is 19.4. The minimum absolute atomic E-state index is 0.0232. The van der Waals surface area contributed by atoms with Crippen molar-refractivity contribution < 1.29 is 14.3 Å². The lowest BCUT2D eigenvalue weighted by Crippen LogP contribution is -2.63. The van der Waals surface area contributed by atoms with Crippen molar-refractivity contribution >= 4 is 23.5 Å². The topological polar surface area (TPSA) is 61.9 Å². The van der Waals surface area contributed by atoms with Gasteiger partial charge in [-0.25, -0.2) is 4.79 Å². The predicted octanol–water partition coefficient (Wildman–Crippen LogP) is 3.12. The summed E-state index contributed by atoms with van der Waals surface area (Å²) in [4.78, 5) is 28.2. The van der Waals surface area contributed by atoms with Crippen molar-refractivity contribution in [3.8, 4) is 11.1 Å². The third-order valence-corrected chi connectivity index (χ3v) is 6.56. The van der Waals surface area contributed by atoms with Crippen LogP contribution in [0.4, 0.5) is 4.79 Å². The van der Waals surface area contributed by atoms with Crippen LogP contribution in [-0.4, -0.2) is 66.7 Å². The first-order valence-electron chi connectivity index (χ1n) is 10.4. The molecule has 3 fully saturated rings. The van der Waals surface area contributed by atoms with Gasteiger partial charge in [-0.15, -0.1) is 0 Å². The Morgan fingerprint density at radius 2 is 1.63 bits per heavy atom. The average molecular weight is 426 g/mol. The van der Waals surface area contributed by atoms with E-state index < -0.39 is 0 Å². The number of piperidine rings is 1. The predicted molar refractivity (Wildman–Crippen MR) is 114 cm³/mol. The third kappa shape index (κ3) is 3.77. The van der Waals surface area contributed by atoms with E-state index in [0.717, 1.165) is 35.7 Å². The summed E-state index contributed by atoms with van der Waals surface area (Å²) in [6.07, 6.45) is 0.787. The van der Waals surface area contributed by atoms with E-state index in [4.69, 9.17) is 16.3 Å². The second-order valence-corrected chi connectivity index (χ2v) is 8.71. The second-order valence-electron chi connectivity index (χ2n) is 8.27. The van der Waals surface area contributed by atoms with Crippen LogP contribution < -0.4 is 5.32 Å². The fraction of sp³-hybridized carbons (Fsp3) is 0.391. The van der Waals surface area contributed by atoms with Crippen LogP contribution in [0.2, 0.25) is 5.02 Å². The number of likely N-dealkylation sites (tertiary alicyclic amines) is 2. The quantitative estimate of drug-likeness (QED) is 0.804. The summed E-state index contributed by atoms with van der Waals surface area (Å²) in [5.74, 6) is 0.264. The van der Waals surface area contributed by atoms with E-state index in [-0.39, 0.29) is 30.7 Å². The largest absolute Gasteiger partial charge is 0.366 e. The van der Waals surface area contributed by atoms with Gasteiger partial charge in [-0.1, -0.05) is 48.0 Å². The molecule has 0 saturated carbocycles. The molecule has 3 aliphatic rings. The molecule has 3 aliphatic heterocycles. The molecule has 3 saturated heterocycles. The van der Waals surface area contributed by atoms with Gasteiger partial charge in [-0.2, -0.15) is 0 Å². The Hall–Kier alpha value is -2.57. The molecule has 3 heterocycles. The van der Waals surface area contributed by atoms with E-state index in [9.17, 15) is 9.59 Å².